The summed E-state index contributed by atoms with van der Waals surface area (Å²) >= 11 is 0. The molecule has 5 heteroatoms. The molecule has 1 fully saturated rings. The molecule has 1 aliphatic rings. The van der Waals surface area contributed by atoms with Gasteiger partial charge in [0.05, 0.1) is 12.5 Å². The van der Waals surface area contributed by atoms with Crippen LogP contribution in [0.2, 0.25) is 0 Å². The van der Waals surface area contributed by atoms with E-state index in [0.29, 0.717) is 0 Å². The molecule has 0 radical (unpaired) electrons. The van der Waals surface area contributed by atoms with Gasteiger partial charge >= 0.3 is 0 Å². The zero-order valence-corrected chi connectivity index (χ0v) is 18.9. The Balaban J connectivity index is 1.53. The third-order valence-corrected chi connectivity index (χ3v) is 6.46. The lowest BCUT2D eigenvalue weighted by Crippen LogP contribution is -2.52. The first-order valence-corrected chi connectivity index (χ1v) is 11.2. The molecule has 1 aromatic heterocycles. The minimum atomic E-state index is -0.437. The average Bonchev–Trinajstić information content (AvgIpc) is 2.85. The molecule has 1 atom stereocenters. The van der Waals surface area contributed by atoms with E-state index in [1.807, 2.05) is 42.7 Å². The Hall–Kier alpha value is -3.18. The number of hydrogen-bond acceptors (Lipinski definition) is 4. The van der Waals surface area contributed by atoms with Crippen molar-refractivity contribution in [3.05, 3.63) is 84.2 Å². The van der Waals surface area contributed by atoms with Gasteiger partial charge in [0.2, 0.25) is 5.91 Å². The van der Waals surface area contributed by atoms with Crippen molar-refractivity contribution in [3.8, 4) is 16.9 Å². The number of nitrogens with one attached hydrogen (secondary N) is 1. The molecule has 0 bridgehead atoms. The van der Waals surface area contributed by atoms with Crippen LogP contribution in [0.25, 0.3) is 11.1 Å². The lowest BCUT2D eigenvalue weighted by molar-refractivity contribution is -0.134. The van der Waals surface area contributed by atoms with Crippen molar-refractivity contribution in [2.75, 3.05) is 27.2 Å². The molecule has 0 aliphatic carbocycles. The van der Waals surface area contributed by atoms with Crippen LogP contribution >= 0.6 is 0 Å². The van der Waals surface area contributed by atoms with E-state index in [9.17, 15) is 4.79 Å². The van der Waals surface area contributed by atoms with Crippen molar-refractivity contribution in [1.29, 1.82) is 0 Å². The molecule has 1 aliphatic heterocycles. The second-order valence-electron chi connectivity index (χ2n) is 8.60. The van der Waals surface area contributed by atoms with Crippen molar-refractivity contribution in [3.63, 3.8) is 0 Å². The summed E-state index contributed by atoms with van der Waals surface area (Å²) < 4.78 is 5.54. The fraction of sp³-hybridized carbons (Fsp3) is 0.333. The van der Waals surface area contributed by atoms with E-state index in [1.54, 1.807) is 14.2 Å². The summed E-state index contributed by atoms with van der Waals surface area (Å²) in [5, 5.41) is 2.94. The first kappa shape index (κ1) is 22.0. The molecule has 1 saturated heterocycles. The van der Waals surface area contributed by atoms with Crippen molar-refractivity contribution >= 4 is 5.91 Å². The largest absolute Gasteiger partial charge is 0.496 e. The third kappa shape index (κ3) is 4.83. The molecule has 1 amide bonds. The third-order valence-electron chi connectivity index (χ3n) is 6.46. The second-order valence-corrected chi connectivity index (χ2v) is 8.60. The van der Waals surface area contributed by atoms with Gasteiger partial charge in [-0.3, -0.25) is 14.7 Å². The molecule has 0 spiro atoms. The van der Waals surface area contributed by atoms with Gasteiger partial charge in [0.25, 0.3) is 0 Å². The SMILES string of the molecule is CNC(=O)[C@@]1(Cc2ccc(-c3ccncc3)cc2)CCCN(Cc2ccccc2OC)C1. The van der Waals surface area contributed by atoms with Gasteiger partial charge in [-0.1, -0.05) is 42.5 Å². The van der Waals surface area contributed by atoms with Crippen LogP contribution < -0.4 is 10.1 Å². The summed E-state index contributed by atoms with van der Waals surface area (Å²) in [6.45, 7) is 2.50. The van der Waals surface area contributed by atoms with E-state index < -0.39 is 5.41 Å². The van der Waals surface area contributed by atoms with Gasteiger partial charge in [-0.05, 0) is 60.7 Å². The highest BCUT2D eigenvalue weighted by atomic mass is 16.5. The molecular formula is C27H31N3O2. The fourth-order valence-corrected chi connectivity index (χ4v) is 4.86. The lowest BCUT2D eigenvalue weighted by Gasteiger charge is -2.42. The molecule has 0 unspecified atom stereocenters. The number of aromatic nitrogens is 1. The van der Waals surface area contributed by atoms with Crippen LogP contribution in [0.1, 0.15) is 24.0 Å². The van der Waals surface area contributed by atoms with Crippen molar-refractivity contribution in [2.45, 2.75) is 25.8 Å². The quantitative estimate of drug-likeness (QED) is 0.607. The van der Waals surface area contributed by atoms with Gasteiger partial charge in [0, 0.05) is 38.1 Å². The van der Waals surface area contributed by atoms with E-state index in [4.69, 9.17) is 4.74 Å². The fourth-order valence-electron chi connectivity index (χ4n) is 4.86. The van der Waals surface area contributed by atoms with Gasteiger partial charge in [0.1, 0.15) is 5.75 Å². The molecule has 4 rings (SSSR count). The number of carbonyl (C=O) groups is 1. The van der Waals surface area contributed by atoms with E-state index in [-0.39, 0.29) is 5.91 Å². The Kier molecular flexibility index (Phi) is 6.86. The number of hydrogen-bond donors (Lipinski definition) is 1. The van der Waals surface area contributed by atoms with Gasteiger partial charge in [-0.25, -0.2) is 0 Å². The maximum absolute atomic E-state index is 13.1. The van der Waals surface area contributed by atoms with Crippen molar-refractivity contribution in [2.24, 2.45) is 5.41 Å². The minimum absolute atomic E-state index is 0.125. The maximum atomic E-state index is 13.1. The number of para-hydroxylation sites is 1. The van der Waals surface area contributed by atoms with Crippen molar-refractivity contribution < 1.29 is 9.53 Å². The van der Waals surface area contributed by atoms with E-state index in [2.05, 4.69) is 45.5 Å². The standard InChI is InChI=1S/C27H31N3O2/c1-28-26(31)27(18-21-8-10-22(11-9-21)23-12-15-29-16-13-23)14-5-17-30(20-27)19-24-6-3-4-7-25(24)32-2/h3-4,6-13,15-16H,5,14,17-20H2,1-2H3,(H,28,31)/t27-/m1/s1. The van der Waals surface area contributed by atoms with Crippen LogP contribution in [0.4, 0.5) is 0 Å². The summed E-state index contributed by atoms with van der Waals surface area (Å²) in [4.78, 5) is 19.6. The van der Waals surface area contributed by atoms with Crippen LogP contribution in [0, 0.1) is 5.41 Å². The Morgan fingerprint density at radius 1 is 1.06 bits per heavy atom. The molecular weight excluding hydrogens is 398 g/mol. The molecule has 1 N–H and O–H groups in total. The Morgan fingerprint density at radius 2 is 1.78 bits per heavy atom. The number of methoxy groups -OCH3 is 1. The maximum Gasteiger partial charge on any atom is 0.227 e. The number of pyridine rings is 1. The highest BCUT2D eigenvalue weighted by Gasteiger charge is 2.41. The number of carbonyl (C=O) groups excluding carboxylic acids is 1. The van der Waals surface area contributed by atoms with Gasteiger partial charge in [-0.15, -0.1) is 0 Å². The Bertz CT molecular complexity index is 1040. The second kappa shape index (κ2) is 9.96. The number of nitrogens with zero attached hydrogens (tertiary/aromatic N) is 2. The van der Waals surface area contributed by atoms with Gasteiger partial charge in [0.15, 0.2) is 0 Å². The van der Waals surface area contributed by atoms with Crippen molar-refractivity contribution in [1.82, 2.24) is 15.2 Å². The van der Waals surface area contributed by atoms with Crippen LogP contribution in [-0.2, 0) is 17.8 Å². The van der Waals surface area contributed by atoms with E-state index >= 15 is 0 Å². The first-order chi connectivity index (χ1) is 15.6. The number of benzene rings is 2. The predicted molar refractivity (Wildman–Crippen MR) is 127 cm³/mol. The van der Waals surface area contributed by atoms with Crippen LogP contribution in [0.15, 0.2) is 73.1 Å². The summed E-state index contributed by atoms with van der Waals surface area (Å²) in [6.07, 6.45) is 6.23. The number of piperidine rings is 1. The zero-order chi connectivity index (χ0) is 22.4. The Morgan fingerprint density at radius 3 is 2.50 bits per heavy atom. The van der Waals surface area contributed by atoms with E-state index in [1.165, 1.54) is 5.56 Å². The van der Waals surface area contributed by atoms with Gasteiger partial charge < -0.3 is 10.1 Å². The Labute approximate surface area is 190 Å². The predicted octanol–water partition coefficient (Wildman–Crippen LogP) is 4.33. The topological polar surface area (TPSA) is 54.5 Å². The summed E-state index contributed by atoms with van der Waals surface area (Å²) in [6, 6.07) is 20.7. The van der Waals surface area contributed by atoms with Gasteiger partial charge in [-0.2, -0.15) is 0 Å². The molecule has 3 aromatic rings. The first-order valence-electron chi connectivity index (χ1n) is 11.2. The summed E-state index contributed by atoms with van der Waals surface area (Å²) in [5.41, 5.74) is 4.21. The monoisotopic (exact) mass is 429 g/mol. The highest BCUT2D eigenvalue weighted by Crippen LogP contribution is 2.36. The normalized spacial score (nSPS) is 18.8. The highest BCUT2D eigenvalue weighted by molar-refractivity contribution is 5.83. The number of ether oxygens (including phenoxy) is 1. The van der Waals surface area contributed by atoms with Crippen LogP contribution in [-0.4, -0.2) is 43.0 Å². The molecule has 5 nitrogen and oxygen atoms in total. The molecule has 166 valence electrons. The van der Waals surface area contributed by atoms with Crippen LogP contribution in [0.3, 0.4) is 0 Å². The van der Waals surface area contributed by atoms with E-state index in [0.717, 1.165) is 61.3 Å². The number of rotatable bonds is 7. The molecule has 0 saturated carbocycles. The average molecular weight is 430 g/mol. The molecule has 2 heterocycles. The van der Waals surface area contributed by atoms with Crippen LogP contribution in [0.5, 0.6) is 5.75 Å². The number of amides is 1. The zero-order valence-electron chi connectivity index (χ0n) is 18.9. The summed E-state index contributed by atoms with van der Waals surface area (Å²) in [5.74, 6) is 1.02. The molecule has 2 aromatic carbocycles. The molecule has 32 heavy (non-hydrogen) atoms. The summed E-state index contributed by atoms with van der Waals surface area (Å²) in [7, 11) is 3.45. The number of likely N-dealkylation sites (tertiary alicyclic amines) is 1. The minimum Gasteiger partial charge on any atom is -0.496 e. The lowest BCUT2D eigenvalue weighted by atomic mass is 9.74. The smallest absolute Gasteiger partial charge is 0.227 e.